The molecule has 1 aromatic carbocycles. The van der Waals surface area contributed by atoms with E-state index in [1.165, 1.54) is 0 Å². The quantitative estimate of drug-likeness (QED) is 0.851. The van der Waals surface area contributed by atoms with Crippen LogP contribution in [0.5, 0.6) is 11.5 Å². The summed E-state index contributed by atoms with van der Waals surface area (Å²) in [6, 6.07) is 5.57. The van der Waals surface area contributed by atoms with Crippen LogP contribution < -0.4 is 15.2 Å². The molecule has 1 heterocycles. The molecule has 1 fully saturated rings. The third kappa shape index (κ3) is 2.52. The van der Waals surface area contributed by atoms with E-state index in [0.29, 0.717) is 24.7 Å². The highest BCUT2D eigenvalue weighted by molar-refractivity contribution is 5.43. The first-order valence-corrected chi connectivity index (χ1v) is 5.47. The van der Waals surface area contributed by atoms with Crippen molar-refractivity contribution in [1.82, 2.24) is 0 Å². The van der Waals surface area contributed by atoms with Crippen LogP contribution in [0.1, 0.15) is 11.9 Å². The van der Waals surface area contributed by atoms with Crippen molar-refractivity contribution in [3.8, 4) is 11.5 Å². The van der Waals surface area contributed by atoms with Gasteiger partial charge in [-0.15, -0.1) is 0 Å². The summed E-state index contributed by atoms with van der Waals surface area (Å²) >= 11 is 0. The zero-order chi connectivity index (χ0) is 12.3. The van der Waals surface area contributed by atoms with Crippen LogP contribution in [0.3, 0.4) is 0 Å². The molecule has 0 amide bonds. The number of ether oxygens (including phenoxy) is 4. The molecule has 1 saturated heterocycles. The van der Waals surface area contributed by atoms with Gasteiger partial charge in [0.1, 0.15) is 0 Å². The Morgan fingerprint density at radius 3 is 2.65 bits per heavy atom. The molecule has 0 aromatic heterocycles. The van der Waals surface area contributed by atoms with Crippen molar-refractivity contribution in [2.75, 3.05) is 27.4 Å². The molecule has 2 rings (SSSR count). The molecule has 0 spiro atoms. The SMILES string of the molecule is COc1ccc(C2OCC(CN)O2)cc1OC. The van der Waals surface area contributed by atoms with Gasteiger partial charge < -0.3 is 24.7 Å². The Labute approximate surface area is 100 Å². The van der Waals surface area contributed by atoms with E-state index in [9.17, 15) is 0 Å². The summed E-state index contributed by atoms with van der Waals surface area (Å²) < 4.78 is 21.5. The molecule has 1 aliphatic rings. The van der Waals surface area contributed by atoms with Crippen molar-refractivity contribution in [2.45, 2.75) is 12.4 Å². The van der Waals surface area contributed by atoms with Crippen LogP contribution in [0.15, 0.2) is 18.2 Å². The molecule has 0 saturated carbocycles. The molecule has 2 N–H and O–H groups in total. The van der Waals surface area contributed by atoms with Gasteiger partial charge in [-0.1, -0.05) is 6.07 Å². The Balaban J connectivity index is 2.16. The zero-order valence-corrected chi connectivity index (χ0v) is 10.0. The molecule has 94 valence electrons. The summed E-state index contributed by atoms with van der Waals surface area (Å²) in [5, 5.41) is 0. The second-order valence-electron chi connectivity index (χ2n) is 3.77. The van der Waals surface area contributed by atoms with Crippen LogP contribution in [-0.4, -0.2) is 33.5 Å². The zero-order valence-electron chi connectivity index (χ0n) is 10.0. The van der Waals surface area contributed by atoms with E-state index in [-0.39, 0.29) is 12.4 Å². The average molecular weight is 239 g/mol. The fraction of sp³-hybridized carbons (Fsp3) is 0.500. The molecule has 0 radical (unpaired) electrons. The molecule has 1 aliphatic heterocycles. The highest BCUT2D eigenvalue weighted by Crippen LogP contribution is 2.33. The van der Waals surface area contributed by atoms with E-state index in [1.807, 2.05) is 18.2 Å². The number of methoxy groups -OCH3 is 2. The lowest BCUT2D eigenvalue weighted by atomic mass is 10.2. The minimum atomic E-state index is -0.372. The van der Waals surface area contributed by atoms with Gasteiger partial charge in [0, 0.05) is 12.1 Å². The first-order valence-electron chi connectivity index (χ1n) is 5.47. The van der Waals surface area contributed by atoms with Gasteiger partial charge in [-0.25, -0.2) is 0 Å². The highest BCUT2D eigenvalue weighted by Gasteiger charge is 2.26. The van der Waals surface area contributed by atoms with Crippen molar-refractivity contribution < 1.29 is 18.9 Å². The molecule has 17 heavy (non-hydrogen) atoms. The number of rotatable bonds is 4. The Morgan fingerprint density at radius 2 is 2.06 bits per heavy atom. The summed E-state index contributed by atoms with van der Waals surface area (Å²) in [7, 11) is 3.20. The molecule has 2 atom stereocenters. The summed E-state index contributed by atoms with van der Waals surface area (Å²) in [5.74, 6) is 1.35. The number of hydrogen-bond acceptors (Lipinski definition) is 5. The van der Waals surface area contributed by atoms with Crippen molar-refractivity contribution in [3.05, 3.63) is 23.8 Å². The third-order valence-electron chi connectivity index (χ3n) is 2.69. The molecule has 5 heteroatoms. The van der Waals surface area contributed by atoms with Crippen LogP contribution in [0.25, 0.3) is 0 Å². The maximum absolute atomic E-state index is 5.63. The van der Waals surface area contributed by atoms with Gasteiger partial charge in [0.25, 0.3) is 0 Å². The lowest BCUT2D eigenvalue weighted by molar-refractivity contribution is -0.0586. The van der Waals surface area contributed by atoms with Crippen LogP contribution in [0.2, 0.25) is 0 Å². The number of benzene rings is 1. The molecule has 1 aromatic rings. The standard InChI is InChI=1S/C12H17NO4/c1-14-10-4-3-8(5-11(10)15-2)12-16-7-9(6-13)17-12/h3-5,9,12H,6-7,13H2,1-2H3. The minimum Gasteiger partial charge on any atom is -0.493 e. The normalized spacial score (nSPS) is 23.7. The largest absolute Gasteiger partial charge is 0.493 e. The third-order valence-corrected chi connectivity index (χ3v) is 2.69. The lowest BCUT2D eigenvalue weighted by Gasteiger charge is -2.13. The summed E-state index contributed by atoms with van der Waals surface area (Å²) in [5.41, 5.74) is 6.43. The Hall–Kier alpha value is -1.30. The predicted octanol–water partition coefficient (Wildman–Crippen LogP) is 1.08. The van der Waals surface area contributed by atoms with E-state index >= 15 is 0 Å². The van der Waals surface area contributed by atoms with E-state index in [1.54, 1.807) is 14.2 Å². The maximum atomic E-state index is 5.63. The second kappa shape index (κ2) is 5.35. The van der Waals surface area contributed by atoms with Crippen LogP contribution in [0, 0.1) is 0 Å². The molecule has 0 bridgehead atoms. The van der Waals surface area contributed by atoms with Gasteiger partial charge in [-0.2, -0.15) is 0 Å². The smallest absolute Gasteiger partial charge is 0.184 e. The first-order chi connectivity index (χ1) is 8.28. The summed E-state index contributed by atoms with van der Waals surface area (Å²) in [6.07, 6.45) is -0.406. The Bertz CT molecular complexity index is 383. The lowest BCUT2D eigenvalue weighted by Crippen LogP contribution is -2.21. The number of hydrogen-bond donors (Lipinski definition) is 1. The predicted molar refractivity (Wildman–Crippen MR) is 62.2 cm³/mol. The first kappa shape index (κ1) is 12.2. The molecule has 0 aliphatic carbocycles. The van der Waals surface area contributed by atoms with Crippen LogP contribution in [0.4, 0.5) is 0 Å². The Kier molecular flexibility index (Phi) is 3.83. The minimum absolute atomic E-state index is 0.0342. The van der Waals surface area contributed by atoms with Crippen molar-refractivity contribution >= 4 is 0 Å². The molecule has 5 nitrogen and oxygen atoms in total. The summed E-state index contributed by atoms with van der Waals surface area (Å²) in [4.78, 5) is 0. The van der Waals surface area contributed by atoms with E-state index in [0.717, 1.165) is 5.56 Å². The molecular weight excluding hydrogens is 222 g/mol. The topological polar surface area (TPSA) is 62.9 Å². The van der Waals surface area contributed by atoms with Gasteiger partial charge in [-0.3, -0.25) is 0 Å². The van der Waals surface area contributed by atoms with Gasteiger partial charge in [-0.05, 0) is 12.1 Å². The molecule has 2 unspecified atom stereocenters. The van der Waals surface area contributed by atoms with E-state index in [4.69, 9.17) is 24.7 Å². The van der Waals surface area contributed by atoms with Crippen molar-refractivity contribution in [1.29, 1.82) is 0 Å². The average Bonchev–Trinajstić information content (AvgIpc) is 2.86. The van der Waals surface area contributed by atoms with E-state index in [2.05, 4.69) is 0 Å². The van der Waals surface area contributed by atoms with E-state index < -0.39 is 0 Å². The van der Waals surface area contributed by atoms with Crippen molar-refractivity contribution in [2.24, 2.45) is 5.73 Å². The molecular formula is C12H17NO4. The van der Waals surface area contributed by atoms with Crippen LogP contribution in [-0.2, 0) is 9.47 Å². The van der Waals surface area contributed by atoms with Gasteiger partial charge in [0.2, 0.25) is 0 Å². The van der Waals surface area contributed by atoms with Crippen LogP contribution >= 0.6 is 0 Å². The maximum Gasteiger partial charge on any atom is 0.184 e. The second-order valence-corrected chi connectivity index (χ2v) is 3.77. The van der Waals surface area contributed by atoms with Gasteiger partial charge in [0.15, 0.2) is 17.8 Å². The van der Waals surface area contributed by atoms with Crippen molar-refractivity contribution in [3.63, 3.8) is 0 Å². The monoisotopic (exact) mass is 239 g/mol. The number of nitrogens with two attached hydrogens (primary N) is 1. The van der Waals surface area contributed by atoms with Gasteiger partial charge >= 0.3 is 0 Å². The van der Waals surface area contributed by atoms with Gasteiger partial charge in [0.05, 0.1) is 26.9 Å². The fourth-order valence-electron chi connectivity index (χ4n) is 1.75. The highest BCUT2D eigenvalue weighted by atomic mass is 16.7. The fourth-order valence-corrected chi connectivity index (χ4v) is 1.75. The summed E-state index contributed by atoms with van der Waals surface area (Å²) in [6.45, 7) is 0.985. The Morgan fingerprint density at radius 1 is 1.29 bits per heavy atom.